The van der Waals surface area contributed by atoms with Crippen molar-refractivity contribution in [1.82, 2.24) is 24.9 Å². The minimum atomic E-state index is -4.45. The van der Waals surface area contributed by atoms with E-state index >= 15 is 0 Å². The lowest BCUT2D eigenvalue weighted by molar-refractivity contribution is -0.137. The molecule has 1 saturated carbocycles. The molecule has 3 aliphatic rings. The molecule has 4 heterocycles. The van der Waals surface area contributed by atoms with Gasteiger partial charge in [-0.1, -0.05) is 6.07 Å². The van der Waals surface area contributed by atoms with Crippen LogP contribution in [-0.4, -0.2) is 49.4 Å². The zero-order chi connectivity index (χ0) is 23.2. The molecule has 172 valence electrons. The Morgan fingerprint density at radius 3 is 2.55 bits per heavy atom. The molecular formula is C22H20F4N6O. The number of amides is 1. The first-order chi connectivity index (χ1) is 15.8. The number of piperidine rings is 2. The fourth-order valence-electron chi connectivity index (χ4n) is 4.80. The molecule has 3 aromatic rings. The largest absolute Gasteiger partial charge is 0.417 e. The Kier molecular flexibility index (Phi) is 5.26. The third kappa shape index (κ3) is 4.03. The van der Waals surface area contributed by atoms with E-state index in [0.717, 1.165) is 36.3 Å². The van der Waals surface area contributed by atoms with Gasteiger partial charge in [0, 0.05) is 18.8 Å². The summed E-state index contributed by atoms with van der Waals surface area (Å²) >= 11 is 0. The molecule has 2 bridgehead atoms. The van der Waals surface area contributed by atoms with Crippen LogP contribution in [0.1, 0.15) is 35.2 Å². The van der Waals surface area contributed by atoms with Crippen LogP contribution in [0.25, 0.3) is 5.69 Å². The highest BCUT2D eigenvalue weighted by atomic mass is 19.4. The number of fused-ring (bicyclic) bond motifs is 3. The van der Waals surface area contributed by atoms with Gasteiger partial charge in [0.1, 0.15) is 11.5 Å². The molecule has 6 rings (SSSR count). The van der Waals surface area contributed by atoms with Crippen molar-refractivity contribution in [3.05, 3.63) is 65.9 Å². The number of hydrogen-bond donors (Lipinski definition) is 1. The second-order valence-electron chi connectivity index (χ2n) is 8.34. The number of carbonyl (C=O) groups is 1. The van der Waals surface area contributed by atoms with Crippen LogP contribution >= 0.6 is 0 Å². The van der Waals surface area contributed by atoms with Gasteiger partial charge in [0.15, 0.2) is 5.82 Å². The standard InChI is InChI=1S/C22H20F4N6O/c23-16-3-1-2-15(20(16)32-28-8-9-29-32)21(33)31-12-13-4-6-18(31)17(10-13)30-19-7-5-14(11-27-19)22(24,25)26/h1-3,5,7-9,11,13,17-18H,4,6,10,12H2,(H,27,30)/t13-,17+,18-/m0/s1. The number of rotatable bonds is 4. The molecule has 33 heavy (non-hydrogen) atoms. The van der Waals surface area contributed by atoms with Gasteiger partial charge in [0.05, 0.1) is 29.6 Å². The normalized spacial score (nSPS) is 22.4. The highest BCUT2D eigenvalue weighted by molar-refractivity contribution is 5.98. The number of pyridine rings is 1. The van der Waals surface area contributed by atoms with Crippen molar-refractivity contribution in [1.29, 1.82) is 0 Å². The lowest BCUT2D eigenvalue weighted by atomic mass is 9.76. The van der Waals surface area contributed by atoms with Crippen LogP contribution in [0.4, 0.5) is 23.4 Å². The molecule has 1 aromatic carbocycles. The number of nitrogens with one attached hydrogen (secondary N) is 1. The van der Waals surface area contributed by atoms with Crippen molar-refractivity contribution in [2.75, 3.05) is 11.9 Å². The number of hydrogen-bond acceptors (Lipinski definition) is 5. The van der Waals surface area contributed by atoms with E-state index in [1.165, 1.54) is 30.6 Å². The smallest absolute Gasteiger partial charge is 0.365 e. The minimum Gasteiger partial charge on any atom is -0.365 e. The number of alkyl halides is 3. The summed E-state index contributed by atoms with van der Waals surface area (Å²) in [4.78, 5) is 20.3. The van der Waals surface area contributed by atoms with Crippen molar-refractivity contribution in [2.45, 2.75) is 37.5 Å². The Hall–Kier alpha value is -3.50. The maximum Gasteiger partial charge on any atom is 0.417 e. The van der Waals surface area contributed by atoms with Crippen LogP contribution in [-0.2, 0) is 6.18 Å². The van der Waals surface area contributed by atoms with Gasteiger partial charge in [-0.25, -0.2) is 9.37 Å². The fraction of sp³-hybridized carbons (Fsp3) is 0.364. The zero-order valence-electron chi connectivity index (χ0n) is 17.3. The van der Waals surface area contributed by atoms with E-state index in [2.05, 4.69) is 20.5 Å². The first-order valence-electron chi connectivity index (χ1n) is 10.6. The van der Waals surface area contributed by atoms with Gasteiger partial charge >= 0.3 is 6.18 Å². The summed E-state index contributed by atoms with van der Waals surface area (Å²) in [6.07, 6.45) is 1.60. The summed E-state index contributed by atoms with van der Waals surface area (Å²) in [5, 5.41) is 11.1. The minimum absolute atomic E-state index is 0.0112. The molecule has 2 aromatic heterocycles. The van der Waals surface area contributed by atoms with Gasteiger partial charge in [-0.15, -0.1) is 4.80 Å². The van der Waals surface area contributed by atoms with Gasteiger partial charge in [-0.2, -0.15) is 23.4 Å². The lowest BCUT2D eigenvalue weighted by Gasteiger charge is -2.50. The third-order valence-electron chi connectivity index (χ3n) is 6.30. The summed E-state index contributed by atoms with van der Waals surface area (Å²) in [5.74, 6) is -0.392. The third-order valence-corrected chi connectivity index (χ3v) is 6.30. The van der Waals surface area contributed by atoms with E-state index in [9.17, 15) is 22.4 Å². The summed E-state index contributed by atoms with van der Waals surface area (Å²) in [6.45, 7) is 0.532. The van der Waals surface area contributed by atoms with Crippen LogP contribution in [0.2, 0.25) is 0 Å². The van der Waals surface area contributed by atoms with E-state index in [1.54, 1.807) is 11.0 Å². The molecule has 3 atom stereocenters. The average Bonchev–Trinajstić information content (AvgIpc) is 3.33. The molecule has 7 nitrogen and oxygen atoms in total. The first-order valence-corrected chi connectivity index (χ1v) is 10.6. The van der Waals surface area contributed by atoms with Gasteiger partial charge in [0.25, 0.3) is 5.91 Å². The topological polar surface area (TPSA) is 75.9 Å². The molecule has 1 N–H and O–H groups in total. The van der Waals surface area contributed by atoms with Crippen molar-refractivity contribution < 1.29 is 22.4 Å². The summed E-state index contributed by atoms with van der Waals surface area (Å²) in [5.41, 5.74) is -0.672. The molecule has 2 aliphatic heterocycles. The van der Waals surface area contributed by atoms with Crippen molar-refractivity contribution >= 4 is 11.7 Å². The van der Waals surface area contributed by atoms with Crippen molar-refractivity contribution in [3.8, 4) is 5.69 Å². The Labute approximate surface area is 186 Å². The number of halogens is 4. The summed E-state index contributed by atoms with van der Waals surface area (Å²) < 4.78 is 53.1. The number of carbonyl (C=O) groups excluding carboxylic acids is 1. The molecule has 1 aliphatic carbocycles. The van der Waals surface area contributed by atoms with E-state index in [1.807, 2.05) is 0 Å². The molecule has 11 heteroatoms. The van der Waals surface area contributed by atoms with E-state index in [0.29, 0.717) is 12.4 Å². The molecular weight excluding hydrogens is 440 g/mol. The number of para-hydroxylation sites is 1. The molecule has 2 saturated heterocycles. The highest BCUT2D eigenvalue weighted by Crippen LogP contribution is 2.38. The predicted molar refractivity (Wildman–Crippen MR) is 110 cm³/mol. The van der Waals surface area contributed by atoms with Crippen LogP contribution in [0.5, 0.6) is 0 Å². The predicted octanol–water partition coefficient (Wildman–Crippen LogP) is 3.93. The Morgan fingerprint density at radius 2 is 1.88 bits per heavy atom. The lowest BCUT2D eigenvalue weighted by Crippen LogP contribution is -2.59. The van der Waals surface area contributed by atoms with Crippen LogP contribution < -0.4 is 5.32 Å². The monoisotopic (exact) mass is 460 g/mol. The second kappa shape index (κ2) is 8.13. The van der Waals surface area contributed by atoms with Gasteiger partial charge in [0.2, 0.25) is 0 Å². The zero-order valence-corrected chi connectivity index (χ0v) is 17.3. The molecule has 3 fully saturated rings. The Balaban J connectivity index is 1.40. The second-order valence-corrected chi connectivity index (χ2v) is 8.34. The number of nitrogens with zero attached hydrogens (tertiary/aromatic N) is 5. The van der Waals surface area contributed by atoms with Crippen molar-refractivity contribution in [3.63, 3.8) is 0 Å². The van der Waals surface area contributed by atoms with Gasteiger partial charge in [-0.05, 0) is 49.4 Å². The van der Waals surface area contributed by atoms with Crippen molar-refractivity contribution in [2.24, 2.45) is 5.92 Å². The van der Waals surface area contributed by atoms with E-state index in [-0.39, 0.29) is 35.2 Å². The van der Waals surface area contributed by atoms with E-state index in [4.69, 9.17) is 0 Å². The maximum atomic E-state index is 14.6. The molecule has 0 unspecified atom stereocenters. The van der Waals surface area contributed by atoms with E-state index < -0.39 is 17.6 Å². The Morgan fingerprint density at radius 1 is 1.09 bits per heavy atom. The SMILES string of the molecule is O=C(c1cccc(F)c1-n1nccn1)N1C[C@H]2CC[C@H]1[C@H](Nc1ccc(C(F)(F)F)cn1)C2. The quantitative estimate of drug-likeness (QED) is 0.598. The van der Waals surface area contributed by atoms with Crippen LogP contribution in [0, 0.1) is 11.7 Å². The number of anilines is 1. The highest BCUT2D eigenvalue weighted by Gasteiger charge is 2.44. The number of benzene rings is 1. The molecule has 0 radical (unpaired) electrons. The molecule has 0 spiro atoms. The maximum absolute atomic E-state index is 14.6. The average molecular weight is 460 g/mol. The van der Waals surface area contributed by atoms with Gasteiger partial charge < -0.3 is 10.2 Å². The Bertz CT molecular complexity index is 1150. The fourth-order valence-corrected chi connectivity index (χ4v) is 4.80. The van der Waals surface area contributed by atoms with Crippen LogP contribution in [0.15, 0.2) is 48.9 Å². The number of aromatic nitrogens is 4. The first kappa shape index (κ1) is 21.4. The summed E-state index contributed by atoms with van der Waals surface area (Å²) in [7, 11) is 0. The molecule has 1 amide bonds. The van der Waals surface area contributed by atoms with Gasteiger partial charge in [-0.3, -0.25) is 4.79 Å². The van der Waals surface area contributed by atoms with Crippen LogP contribution in [0.3, 0.4) is 0 Å². The summed E-state index contributed by atoms with van der Waals surface area (Å²) in [6, 6.07) is 6.17.